The van der Waals surface area contributed by atoms with Crippen molar-refractivity contribution in [1.82, 2.24) is 10.5 Å². The molecule has 0 bridgehead atoms. The molecule has 3 aromatic rings. The fourth-order valence-electron chi connectivity index (χ4n) is 4.14. The number of nitrogens with one attached hydrogen (secondary N) is 1. The van der Waals surface area contributed by atoms with Crippen LogP contribution in [0.3, 0.4) is 0 Å². The summed E-state index contributed by atoms with van der Waals surface area (Å²) in [6, 6.07) is 14.0. The van der Waals surface area contributed by atoms with Crippen molar-refractivity contribution in [3.05, 3.63) is 64.7 Å². The van der Waals surface area contributed by atoms with Crippen LogP contribution in [0.2, 0.25) is 0 Å². The highest BCUT2D eigenvalue weighted by molar-refractivity contribution is 7.84. The fourth-order valence-corrected chi connectivity index (χ4v) is 4.53. The van der Waals surface area contributed by atoms with Crippen molar-refractivity contribution in [2.24, 2.45) is 0 Å². The lowest BCUT2D eigenvalue weighted by molar-refractivity contribution is -0.129. The average molecular weight is 483 g/mol. The molecule has 0 fully saturated rings. The molecule has 1 heterocycles. The third kappa shape index (κ3) is 5.83. The van der Waals surface area contributed by atoms with E-state index in [1.54, 1.807) is 12.3 Å². The van der Waals surface area contributed by atoms with E-state index in [0.717, 1.165) is 59.4 Å². The summed E-state index contributed by atoms with van der Waals surface area (Å²) in [4.78, 5) is 12.2. The van der Waals surface area contributed by atoms with Gasteiger partial charge in [0.1, 0.15) is 5.69 Å². The molecule has 7 heteroatoms. The van der Waals surface area contributed by atoms with Gasteiger partial charge in [0.2, 0.25) is 0 Å². The molecule has 1 aliphatic carbocycles. The van der Waals surface area contributed by atoms with E-state index in [1.807, 2.05) is 26.0 Å². The van der Waals surface area contributed by atoms with Crippen molar-refractivity contribution in [3.8, 4) is 22.6 Å². The second-order valence-electron chi connectivity index (χ2n) is 8.17. The summed E-state index contributed by atoms with van der Waals surface area (Å²) in [5.74, 6) is 0.689. The monoisotopic (exact) mass is 482 g/mol. The van der Waals surface area contributed by atoms with Gasteiger partial charge in [-0.1, -0.05) is 74.8 Å². The number of aliphatic hydroxyl groups is 1. The summed E-state index contributed by atoms with van der Waals surface area (Å²) in [5, 5.41) is 17.4. The third-order valence-electron chi connectivity index (χ3n) is 5.82. The summed E-state index contributed by atoms with van der Waals surface area (Å²) in [7, 11) is -0.989. The Hall–Kier alpha value is -2.77. The van der Waals surface area contributed by atoms with Gasteiger partial charge in [0.15, 0.2) is 11.9 Å². The number of hydrogen-bond acceptors (Lipinski definition) is 5. The highest BCUT2D eigenvalue weighted by Gasteiger charge is 2.26. The topological polar surface area (TPSA) is 92.4 Å². The van der Waals surface area contributed by atoms with Crippen molar-refractivity contribution in [3.63, 3.8) is 0 Å². The second-order valence-corrected chi connectivity index (χ2v) is 9.73. The lowest BCUT2D eigenvalue weighted by atomic mass is 9.86. The van der Waals surface area contributed by atoms with Crippen molar-refractivity contribution < 1.29 is 18.6 Å². The molecular weight excluding hydrogens is 448 g/mol. The summed E-state index contributed by atoms with van der Waals surface area (Å²) >= 11 is 0. The van der Waals surface area contributed by atoms with Crippen LogP contribution in [0, 0.1) is 0 Å². The van der Waals surface area contributed by atoms with E-state index in [2.05, 4.69) is 41.7 Å². The molecule has 1 aliphatic rings. The van der Waals surface area contributed by atoms with E-state index in [1.165, 1.54) is 5.56 Å². The Bertz CT molecular complexity index is 1140. The molecule has 4 rings (SSSR count). The first-order chi connectivity index (χ1) is 16.5. The average Bonchev–Trinajstić information content (AvgIpc) is 3.29. The van der Waals surface area contributed by atoms with E-state index >= 15 is 0 Å². The zero-order chi connectivity index (χ0) is 24.7. The first-order valence-corrected chi connectivity index (χ1v) is 13.7. The predicted molar refractivity (Wildman–Crippen MR) is 137 cm³/mol. The van der Waals surface area contributed by atoms with Gasteiger partial charge in [0.05, 0.1) is 0 Å². The van der Waals surface area contributed by atoms with Gasteiger partial charge in [-0.2, -0.15) is 0 Å². The van der Waals surface area contributed by atoms with Crippen LogP contribution < -0.4 is 5.32 Å². The SMILES string of the molecule is CC.CCCc1ccc(-c2onc3c2CCc2cc(C(O)C(=O)NCCS(C)=O)ccc2-3)cc1. The molecule has 1 aromatic heterocycles. The number of fused-ring (bicyclic) bond motifs is 3. The fraction of sp³-hybridized carbons (Fsp3) is 0.407. The van der Waals surface area contributed by atoms with Gasteiger partial charge in [-0.05, 0) is 36.0 Å². The molecule has 6 nitrogen and oxygen atoms in total. The number of hydrogen-bond donors (Lipinski definition) is 2. The number of nitrogens with zero attached hydrogens (tertiary/aromatic N) is 1. The zero-order valence-electron chi connectivity index (χ0n) is 20.4. The Kier molecular flexibility index (Phi) is 9.19. The number of carbonyl (C=O) groups is 1. The van der Waals surface area contributed by atoms with Crippen molar-refractivity contribution in [2.75, 3.05) is 18.6 Å². The molecule has 182 valence electrons. The van der Waals surface area contributed by atoms with E-state index < -0.39 is 22.8 Å². The van der Waals surface area contributed by atoms with Crippen molar-refractivity contribution >= 4 is 16.7 Å². The van der Waals surface area contributed by atoms with Crippen LogP contribution in [0.1, 0.15) is 55.5 Å². The summed E-state index contributed by atoms with van der Waals surface area (Å²) in [6.45, 7) is 6.44. The molecule has 34 heavy (non-hydrogen) atoms. The van der Waals surface area contributed by atoms with Gasteiger partial charge in [-0.3, -0.25) is 9.00 Å². The van der Waals surface area contributed by atoms with Crippen LogP contribution in [0.25, 0.3) is 22.6 Å². The van der Waals surface area contributed by atoms with Gasteiger partial charge < -0.3 is 14.9 Å². The summed E-state index contributed by atoms with van der Waals surface area (Å²) in [6.07, 6.45) is 4.06. The Balaban J connectivity index is 0.00000158. The van der Waals surface area contributed by atoms with E-state index in [0.29, 0.717) is 11.3 Å². The number of rotatable bonds is 8. The van der Waals surface area contributed by atoms with Crippen LogP contribution in [-0.2, 0) is 34.9 Å². The molecule has 2 N–H and O–H groups in total. The summed E-state index contributed by atoms with van der Waals surface area (Å²) in [5.41, 5.74) is 6.81. The summed E-state index contributed by atoms with van der Waals surface area (Å²) < 4.78 is 16.9. The molecule has 2 unspecified atom stereocenters. The zero-order valence-corrected chi connectivity index (χ0v) is 21.2. The minimum Gasteiger partial charge on any atom is -0.378 e. The van der Waals surface area contributed by atoms with Crippen LogP contribution in [0.4, 0.5) is 0 Å². The lowest BCUT2D eigenvalue weighted by Gasteiger charge is -2.18. The second kappa shape index (κ2) is 12.1. The molecule has 0 radical (unpaired) electrons. The van der Waals surface area contributed by atoms with Crippen LogP contribution in [0.5, 0.6) is 0 Å². The number of aryl methyl sites for hydroxylation is 2. The molecular formula is C27H34N2O4S. The van der Waals surface area contributed by atoms with Gasteiger partial charge in [-0.15, -0.1) is 0 Å². The van der Waals surface area contributed by atoms with Crippen LogP contribution in [-0.4, -0.2) is 38.9 Å². The van der Waals surface area contributed by atoms with E-state index in [-0.39, 0.29) is 6.54 Å². The molecule has 0 saturated heterocycles. The first kappa shape index (κ1) is 25.8. The number of amides is 1. The predicted octanol–water partition coefficient (Wildman–Crippen LogP) is 4.61. The van der Waals surface area contributed by atoms with E-state index in [4.69, 9.17) is 4.52 Å². The van der Waals surface area contributed by atoms with Crippen LogP contribution >= 0.6 is 0 Å². The van der Waals surface area contributed by atoms with Gasteiger partial charge in [0, 0.05) is 46.0 Å². The van der Waals surface area contributed by atoms with Crippen molar-refractivity contribution in [2.45, 2.75) is 52.6 Å². The minimum absolute atomic E-state index is 0.272. The van der Waals surface area contributed by atoms with Gasteiger partial charge in [0.25, 0.3) is 5.91 Å². The molecule has 2 aromatic carbocycles. The van der Waals surface area contributed by atoms with E-state index in [9.17, 15) is 14.1 Å². The number of benzene rings is 2. The molecule has 0 spiro atoms. The maximum atomic E-state index is 12.2. The molecule has 2 atom stereocenters. The first-order valence-electron chi connectivity index (χ1n) is 11.9. The van der Waals surface area contributed by atoms with Crippen molar-refractivity contribution in [1.29, 1.82) is 0 Å². The van der Waals surface area contributed by atoms with Crippen LogP contribution in [0.15, 0.2) is 47.0 Å². The number of aromatic nitrogens is 1. The standard InChI is InChI=1S/C25H28N2O4S.C2H6/c1-3-4-16-5-7-17(8-6-16)24-21-12-9-18-15-19(10-11-20(18)22(21)27-31-24)23(28)25(29)26-13-14-32(2)30;1-2/h5-8,10-11,15,23,28H,3-4,9,12-14H2,1-2H3,(H,26,29);1-2H3. The quantitative estimate of drug-likeness (QED) is 0.489. The largest absolute Gasteiger partial charge is 0.378 e. The third-order valence-corrected chi connectivity index (χ3v) is 6.60. The Labute approximate surface area is 204 Å². The Morgan fingerprint density at radius 1 is 1.18 bits per heavy atom. The normalized spacial score (nSPS) is 13.7. The smallest absolute Gasteiger partial charge is 0.253 e. The molecule has 0 aliphatic heterocycles. The maximum Gasteiger partial charge on any atom is 0.253 e. The van der Waals surface area contributed by atoms with Gasteiger partial charge in [-0.25, -0.2) is 0 Å². The highest BCUT2D eigenvalue weighted by Crippen LogP contribution is 2.39. The lowest BCUT2D eigenvalue weighted by Crippen LogP contribution is -2.32. The molecule has 1 amide bonds. The minimum atomic E-state index is -1.26. The Morgan fingerprint density at radius 2 is 1.91 bits per heavy atom. The highest BCUT2D eigenvalue weighted by atomic mass is 32.2. The van der Waals surface area contributed by atoms with Gasteiger partial charge >= 0.3 is 0 Å². The molecule has 0 saturated carbocycles. The number of aliphatic hydroxyl groups excluding tert-OH is 1. The number of carbonyl (C=O) groups excluding carboxylic acids is 1. The maximum absolute atomic E-state index is 12.2. The Morgan fingerprint density at radius 3 is 2.59 bits per heavy atom.